The van der Waals surface area contributed by atoms with Gasteiger partial charge in [-0.2, -0.15) is 0 Å². The SMILES string of the molecule is O=C(c1ccc(Cl)cc1)c1cc2cccc(Cl)c2o1. The van der Waals surface area contributed by atoms with Crippen LogP contribution in [0, 0.1) is 0 Å². The van der Waals surface area contributed by atoms with E-state index in [1.165, 1.54) is 0 Å². The summed E-state index contributed by atoms with van der Waals surface area (Å²) in [4.78, 5) is 12.3. The summed E-state index contributed by atoms with van der Waals surface area (Å²) >= 11 is 11.8. The number of rotatable bonds is 2. The molecule has 2 aromatic carbocycles. The van der Waals surface area contributed by atoms with Crippen LogP contribution < -0.4 is 0 Å². The lowest BCUT2D eigenvalue weighted by Gasteiger charge is -1.97. The van der Waals surface area contributed by atoms with Gasteiger partial charge in [-0.15, -0.1) is 0 Å². The minimum absolute atomic E-state index is 0.191. The number of benzene rings is 2. The summed E-state index contributed by atoms with van der Waals surface area (Å²) in [6.45, 7) is 0. The highest BCUT2D eigenvalue weighted by Crippen LogP contribution is 2.27. The van der Waals surface area contributed by atoms with Gasteiger partial charge in [0.25, 0.3) is 0 Å². The molecule has 1 aromatic heterocycles. The minimum atomic E-state index is -0.191. The van der Waals surface area contributed by atoms with E-state index in [4.69, 9.17) is 27.6 Å². The molecule has 0 saturated heterocycles. The molecule has 0 bridgehead atoms. The van der Waals surface area contributed by atoms with Gasteiger partial charge in [-0.3, -0.25) is 4.79 Å². The van der Waals surface area contributed by atoms with Crippen molar-refractivity contribution in [2.24, 2.45) is 0 Å². The summed E-state index contributed by atoms with van der Waals surface area (Å²) in [5, 5.41) is 1.89. The third-order valence-corrected chi connectivity index (χ3v) is 3.38. The standard InChI is InChI=1S/C15H8Cl2O2/c16-11-6-4-9(5-7-11)14(18)13-8-10-2-1-3-12(17)15(10)19-13/h1-8H. The number of hydrogen-bond donors (Lipinski definition) is 0. The Kier molecular flexibility index (Phi) is 3.05. The van der Waals surface area contributed by atoms with E-state index in [0.717, 1.165) is 5.39 Å². The van der Waals surface area contributed by atoms with Gasteiger partial charge in [0.1, 0.15) is 0 Å². The molecule has 0 atom stereocenters. The molecule has 94 valence electrons. The maximum Gasteiger partial charge on any atom is 0.228 e. The Bertz CT molecular complexity index is 757. The van der Waals surface area contributed by atoms with Gasteiger partial charge in [0.2, 0.25) is 5.78 Å². The van der Waals surface area contributed by atoms with Crippen molar-refractivity contribution >= 4 is 40.0 Å². The molecule has 0 radical (unpaired) electrons. The topological polar surface area (TPSA) is 30.2 Å². The molecule has 0 aliphatic rings. The summed E-state index contributed by atoms with van der Waals surface area (Å²) < 4.78 is 5.53. The largest absolute Gasteiger partial charge is 0.451 e. The molecule has 2 nitrogen and oxygen atoms in total. The first-order valence-electron chi connectivity index (χ1n) is 5.63. The van der Waals surface area contributed by atoms with E-state index in [9.17, 15) is 4.79 Å². The molecular formula is C15H8Cl2O2. The number of furan rings is 1. The van der Waals surface area contributed by atoms with Gasteiger partial charge in [0.15, 0.2) is 11.3 Å². The molecule has 0 aliphatic carbocycles. The second-order valence-electron chi connectivity index (χ2n) is 4.10. The highest BCUT2D eigenvalue weighted by Gasteiger charge is 2.15. The van der Waals surface area contributed by atoms with E-state index in [-0.39, 0.29) is 11.5 Å². The van der Waals surface area contributed by atoms with Crippen LogP contribution in [0.5, 0.6) is 0 Å². The molecule has 0 N–H and O–H groups in total. The quantitative estimate of drug-likeness (QED) is 0.624. The van der Waals surface area contributed by atoms with E-state index in [1.807, 2.05) is 12.1 Å². The van der Waals surface area contributed by atoms with E-state index >= 15 is 0 Å². The predicted octanol–water partition coefficient (Wildman–Crippen LogP) is 4.97. The van der Waals surface area contributed by atoms with Gasteiger partial charge in [-0.25, -0.2) is 0 Å². The fourth-order valence-corrected chi connectivity index (χ4v) is 2.23. The molecule has 0 saturated carbocycles. The lowest BCUT2D eigenvalue weighted by atomic mass is 10.1. The molecule has 19 heavy (non-hydrogen) atoms. The summed E-state index contributed by atoms with van der Waals surface area (Å²) in [5.41, 5.74) is 1.06. The Hall–Kier alpha value is -1.77. The van der Waals surface area contributed by atoms with Crippen molar-refractivity contribution in [1.82, 2.24) is 0 Å². The van der Waals surface area contributed by atoms with E-state index in [2.05, 4.69) is 0 Å². The molecule has 0 amide bonds. The smallest absolute Gasteiger partial charge is 0.228 e. The zero-order chi connectivity index (χ0) is 13.4. The summed E-state index contributed by atoms with van der Waals surface area (Å²) in [6, 6.07) is 13.8. The number of carbonyl (C=O) groups excluding carboxylic acids is 1. The average Bonchev–Trinajstić information content (AvgIpc) is 2.84. The van der Waals surface area contributed by atoms with Crippen LogP contribution in [0.15, 0.2) is 52.9 Å². The maximum absolute atomic E-state index is 12.3. The molecule has 3 aromatic rings. The zero-order valence-electron chi connectivity index (χ0n) is 9.69. The van der Waals surface area contributed by atoms with Crippen molar-refractivity contribution in [3.8, 4) is 0 Å². The minimum Gasteiger partial charge on any atom is -0.451 e. The van der Waals surface area contributed by atoms with Crippen LogP contribution in [0.4, 0.5) is 0 Å². The first kappa shape index (κ1) is 12.3. The number of carbonyl (C=O) groups is 1. The molecular weight excluding hydrogens is 283 g/mol. The summed E-state index contributed by atoms with van der Waals surface area (Å²) in [5.74, 6) is 0.0781. The highest BCUT2D eigenvalue weighted by atomic mass is 35.5. The van der Waals surface area contributed by atoms with Gasteiger partial charge in [-0.1, -0.05) is 35.3 Å². The van der Waals surface area contributed by atoms with Crippen LogP contribution in [0.3, 0.4) is 0 Å². The van der Waals surface area contributed by atoms with Gasteiger partial charge < -0.3 is 4.42 Å². The van der Waals surface area contributed by atoms with Crippen LogP contribution in [-0.4, -0.2) is 5.78 Å². The Morgan fingerprint density at radius 1 is 1.00 bits per heavy atom. The zero-order valence-corrected chi connectivity index (χ0v) is 11.2. The lowest BCUT2D eigenvalue weighted by Crippen LogP contribution is -1.98. The van der Waals surface area contributed by atoms with Crippen LogP contribution in [0.1, 0.15) is 16.1 Å². The van der Waals surface area contributed by atoms with E-state index in [0.29, 0.717) is 21.2 Å². The third-order valence-electron chi connectivity index (χ3n) is 2.83. The van der Waals surface area contributed by atoms with Crippen LogP contribution in [-0.2, 0) is 0 Å². The van der Waals surface area contributed by atoms with Gasteiger partial charge in [-0.05, 0) is 36.4 Å². The Morgan fingerprint density at radius 2 is 1.74 bits per heavy atom. The number of fused-ring (bicyclic) bond motifs is 1. The molecule has 0 spiro atoms. The molecule has 3 rings (SSSR count). The number of ketones is 1. The first-order valence-corrected chi connectivity index (χ1v) is 6.39. The maximum atomic E-state index is 12.3. The monoisotopic (exact) mass is 290 g/mol. The molecule has 4 heteroatoms. The fourth-order valence-electron chi connectivity index (χ4n) is 1.88. The summed E-state index contributed by atoms with van der Waals surface area (Å²) in [7, 11) is 0. The van der Waals surface area contributed by atoms with Crippen molar-refractivity contribution in [2.45, 2.75) is 0 Å². The highest BCUT2D eigenvalue weighted by molar-refractivity contribution is 6.35. The van der Waals surface area contributed by atoms with Gasteiger partial charge >= 0.3 is 0 Å². The van der Waals surface area contributed by atoms with Crippen molar-refractivity contribution < 1.29 is 9.21 Å². The van der Waals surface area contributed by atoms with E-state index < -0.39 is 0 Å². The lowest BCUT2D eigenvalue weighted by molar-refractivity contribution is 0.101. The van der Waals surface area contributed by atoms with E-state index in [1.54, 1.807) is 36.4 Å². The van der Waals surface area contributed by atoms with Crippen LogP contribution in [0.25, 0.3) is 11.0 Å². The Balaban J connectivity index is 2.06. The molecule has 1 heterocycles. The average molecular weight is 291 g/mol. The molecule has 0 aliphatic heterocycles. The van der Waals surface area contributed by atoms with Crippen LogP contribution in [0.2, 0.25) is 10.0 Å². The van der Waals surface area contributed by atoms with Gasteiger partial charge in [0.05, 0.1) is 5.02 Å². The van der Waals surface area contributed by atoms with Crippen molar-refractivity contribution in [1.29, 1.82) is 0 Å². The van der Waals surface area contributed by atoms with Gasteiger partial charge in [0, 0.05) is 16.0 Å². The second-order valence-corrected chi connectivity index (χ2v) is 4.95. The number of hydrogen-bond acceptors (Lipinski definition) is 2. The number of halogens is 2. The fraction of sp³-hybridized carbons (Fsp3) is 0. The molecule has 0 fully saturated rings. The van der Waals surface area contributed by atoms with Crippen molar-refractivity contribution in [2.75, 3.05) is 0 Å². The molecule has 0 unspecified atom stereocenters. The normalized spacial score (nSPS) is 10.8. The third kappa shape index (κ3) is 2.25. The van der Waals surface area contributed by atoms with Crippen LogP contribution >= 0.6 is 23.2 Å². The summed E-state index contributed by atoms with van der Waals surface area (Å²) in [6.07, 6.45) is 0. The Morgan fingerprint density at radius 3 is 2.42 bits per heavy atom. The second kappa shape index (κ2) is 4.72. The predicted molar refractivity (Wildman–Crippen MR) is 76.1 cm³/mol. The Labute approximate surface area is 119 Å². The number of para-hydroxylation sites is 1. The van der Waals surface area contributed by atoms with Crippen molar-refractivity contribution in [3.63, 3.8) is 0 Å². The van der Waals surface area contributed by atoms with Crippen molar-refractivity contribution in [3.05, 3.63) is 69.9 Å². The first-order chi connectivity index (χ1) is 9.15.